The number of carbonyl (C=O) groups excluding carboxylic acids is 1. The van der Waals surface area contributed by atoms with Crippen LogP contribution in [0.25, 0.3) is 0 Å². The molecule has 0 bridgehead atoms. The van der Waals surface area contributed by atoms with Crippen molar-refractivity contribution in [2.24, 2.45) is 5.92 Å². The van der Waals surface area contributed by atoms with Gasteiger partial charge >= 0.3 is 0 Å². The summed E-state index contributed by atoms with van der Waals surface area (Å²) in [6.07, 6.45) is 2.91. The second-order valence-electron chi connectivity index (χ2n) is 5.42. The maximum absolute atomic E-state index is 12.2. The lowest BCUT2D eigenvalue weighted by molar-refractivity contribution is 0.0912. The Balaban J connectivity index is 2.69. The van der Waals surface area contributed by atoms with Crippen LogP contribution in [0.1, 0.15) is 53.7 Å². The number of rotatable bonds is 7. The highest BCUT2D eigenvalue weighted by Crippen LogP contribution is 2.23. The van der Waals surface area contributed by atoms with Crippen molar-refractivity contribution in [2.75, 3.05) is 6.61 Å². The zero-order chi connectivity index (χ0) is 14.4. The topological polar surface area (TPSA) is 49.3 Å². The van der Waals surface area contributed by atoms with Crippen LogP contribution in [0.5, 0.6) is 0 Å². The van der Waals surface area contributed by atoms with E-state index >= 15 is 0 Å². The Morgan fingerprint density at radius 1 is 1.47 bits per heavy atom. The first-order chi connectivity index (χ1) is 8.97. The molecule has 0 aromatic carbocycles. The van der Waals surface area contributed by atoms with Crippen molar-refractivity contribution >= 4 is 17.2 Å². The Morgan fingerprint density at radius 2 is 2.16 bits per heavy atom. The van der Waals surface area contributed by atoms with E-state index in [2.05, 4.69) is 33.0 Å². The number of aliphatic hydroxyl groups excluding tert-OH is 1. The molecule has 1 amide bonds. The quantitative estimate of drug-likeness (QED) is 0.807. The second-order valence-corrected chi connectivity index (χ2v) is 6.68. The molecule has 0 fully saturated rings. The van der Waals surface area contributed by atoms with Crippen LogP contribution in [0.4, 0.5) is 0 Å². The average Bonchev–Trinajstić information content (AvgIpc) is 2.70. The lowest BCUT2D eigenvalue weighted by Crippen LogP contribution is -2.38. The van der Waals surface area contributed by atoms with E-state index < -0.39 is 0 Å². The number of hydrogen-bond acceptors (Lipinski definition) is 3. The fourth-order valence-corrected chi connectivity index (χ4v) is 3.13. The van der Waals surface area contributed by atoms with E-state index in [4.69, 9.17) is 0 Å². The molecular weight excluding hydrogens is 258 g/mol. The van der Waals surface area contributed by atoms with Gasteiger partial charge in [0.05, 0.1) is 17.5 Å². The standard InChI is InChI=1S/C15H25NO2S/c1-5-6-12-8-14(19-11(12)4)15(18)16-13(9-17)7-10(2)3/h8,10,13,17H,5-7,9H2,1-4H3,(H,16,18). The highest BCUT2D eigenvalue weighted by molar-refractivity contribution is 7.14. The molecule has 0 saturated carbocycles. The van der Waals surface area contributed by atoms with Gasteiger partial charge in [0.2, 0.25) is 0 Å². The lowest BCUT2D eigenvalue weighted by atomic mass is 10.0. The zero-order valence-corrected chi connectivity index (χ0v) is 13.1. The van der Waals surface area contributed by atoms with E-state index in [1.165, 1.54) is 10.4 Å². The van der Waals surface area contributed by atoms with Gasteiger partial charge in [-0.1, -0.05) is 27.2 Å². The van der Waals surface area contributed by atoms with Crippen LogP contribution in [0.15, 0.2) is 6.07 Å². The highest BCUT2D eigenvalue weighted by atomic mass is 32.1. The third kappa shape index (κ3) is 4.96. The average molecular weight is 283 g/mol. The molecule has 0 saturated heterocycles. The molecule has 108 valence electrons. The summed E-state index contributed by atoms with van der Waals surface area (Å²) < 4.78 is 0. The Labute approximate surface area is 120 Å². The molecular formula is C15H25NO2S. The predicted octanol–water partition coefficient (Wildman–Crippen LogP) is 3.15. The molecule has 4 heteroatoms. The van der Waals surface area contributed by atoms with Crippen LogP contribution in [0, 0.1) is 12.8 Å². The van der Waals surface area contributed by atoms with Crippen molar-refractivity contribution in [1.82, 2.24) is 5.32 Å². The minimum Gasteiger partial charge on any atom is -0.394 e. The Bertz CT molecular complexity index is 412. The summed E-state index contributed by atoms with van der Waals surface area (Å²) in [5.74, 6) is 0.397. The minimum absolute atomic E-state index is 0.00387. The van der Waals surface area contributed by atoms with Crippen LogP contribution in [-0.4, -0.2) is 23.7 Å². The summed E-state index contributed by atoms with van der Waals surface area (Å²) in [7, 11) is 0. The normalized spacial score (nSPS) is 12.7. The van der Waals surface area contributed by atoms with E-state index in [1.54, 1.807) is 11.3 Å². The maximum Gasteiger partial charge on any atom is 0.261 e. The molecule has 19 heavy (non-hydrogen) atoms. The summed E-state index contributed by atoms with van der Waals surface area (Å²) in [5.41, 5.74) is 1.27. The predicted molar refractivity (Wildman–Crippen MR) is 80.8 cm³/mol. The van der Waals surface area contributed by atoms with Crippen molar-refractivity contribution in [2.45, 2.75) is 53.0 Å². The fraction of sp³-hybridized carbons (Fsp3) is 0.667. The van der Waals surface area contributed by atoms with Crippen LogP contribution in [-0.2, 0) is 6.42 Å². The summed E-state index contributed by atoms with van der Waals surface area (Å²) in [6, 6.07) is 1.84. The van der Waals surface area contributed by atoms with Crippen LogP contribution in [0.3, 0.4) is 0 Å². The largest absolute Gasteiger partial charge is 0.394 e. The number of hydrogen-bond donors (Lipinski definition) is 2. The molecule has 0 radical (unpaired) electrons. The van der Waals surface area contributed by atoms with Gasteiger partial charge in [-0.25, -0.2) is 0 Å². The van der Waals surface area contributed by atoms with Gasteiger partial charge in [-0.15, -0.1) is 11.3 Å². The van der Waals surface area contributed by atoms with Crippen LogP contribution >= 0.6 is 11.3 Å². The zero-order valence-electron chi connectivity index (χ0n) is 12.3. The summed E-state index contributed by atoms with van der Waals surface area (Å²) in [5, 5.41) is 12.2. The molecule has 2 N–H and O–H groups in total. The Hall–Kier alpha value is -0.870. The number of amides is 1. The monoisotopic (exact) mass is 283 g/mol. The van der Waals surface area contributed by atoms with Crippen molar-refractivity contribution in [3.8, 4) is 0 Å². The molecule has 0 spiro atoms. The number of aryl methyl sites for hydroxylation is 2. The van der Waals surface area contributed by atoms with Gasteiger partial charge in [0, 0.05) is 4.88 Å². The summed E-state index contributed by atoms with van der Waals surface area (Å²) in [4.78, 5) is 14.1. The first-order valence-electron chi connectivity index (χ1n) is 6.98. The molecule has 3 nitrogen and oxygen atoms in total. The van der Waals surface area contributed by atoms with Crippen molar-refractivity contribution in [3.05, 3.63) is 21.4 Å². The Kier molecular flexibility index (Phi) is 6.52. The number of carbonyl (C=O) groups is 1. The lowest BCUT2D eigenvalue weighted by Gasteiger charge is -2.17. The van der Waals surface area contributed by atoms with Gasteiger partial charge in [-0.05, 0) is 37.3 Å². The van der Waals surface area contributed by atoms with E-state index in [0.717, 1.165) is 24.1 Å². The number of nitrogens with one attached hydrogen (secondary N) is 1. The van der Waals surface area contributed by atoms with Crippen molar-refractivity contribution in [3.63, 3.8) is 0 Å². The first kappa shape index (κ1) is 16.2. The molecule has 1 heterocycles. The minimum atomic E-state index is -0.149. The molecule has 0 aliphatic rings. The van der Waals surface area contributed by atoms with E-state index in [1.807, 2.05) is 6.07 Å². The van der Waals surface area contributed by atoms with E-state index in [0.29, 0.717) is 5.92 Å². The van der Waals surface area contributed by atoms with Gasteiger partial charge in [0.15, 0.2) is 0 Å². The molecule has 0 aliphatic heterocycles. The maximum atomic E-state index is 12.2. The number of aliphatic hydroxyl groups is 1. The van der Waals surface area contributed by atoms with Gasteiger partial charge < -0.3 is 10.4 Å². The van der Waals surface area contributed by atoms with E-state index in [9.17, 15) is 9.90 Å². The molecule has 1 unspecified atom stereocenters. The smallest absolute Gasteiger partial charge is 0.261 e. The fourth-order valence-electron chi connectivity index (χ4n) is 2.15. The number of thiophene rings is 1. The molecule has 1 aromatic heterocycles. The molecule has 1 rings (SSSR count). The highest BCUT2D eigenvalue weighted by Gasteiger charge is 2.17. The first-order valence-corrected chi connectivity index (χ1v) is 7.80. The Morgan fingerprint density at radius 3 is 2.68 bits per heavy atom. The molecule has 1 atom stereocenters. The molecule has 0 aliphatic carbocycles. The molecule has 1 aromatic rings. The van der Waals surface area contributed by atoms with Gasteiger partial charge in [0.1, 0.15) is 0 Å². The third-order valence-corrected chi connectivity index (χ3v) is 4.17. The van der Waals surface area contributed by atoms with Crippen LogP contribution in [0.2, 0.25) is 0 Å². The van der Waals surface area contributed by atoms with Gasteiger partial charge in [-0.2, -0.15) is 0 Å². The second kappa shape index (κ2) is 7.65. The van der Waals surface area contributed by atoms with Crippen LogP contribution < -0.4 is 5.32 Å². The van der Waals surface area contributed by atoms with Gasteiger partial charge in [0.25, 0.3) is 5.91 Å². The summed E-state index contributed by atoms with van der Waals surface area (Å²) in [6.45, 7) is 8.37. The van der Waals surface area contributed by atoms with Crippen molar-refractivity contribution < 1.29 is 9.90 Å². The van der Waals surface area contributed by atoms with E-state index in [-0.39, 0.29) is 18.6 Å². The van der Waals surface area contributed by atoms with Gasteiger partial charge in [-0.3, -0.25) is 4.79 Å². The summed E-state index contributed by atoms with van der Waals surface area (Å²) >= 11 is 1.54. The SMILES string of the molecule is CCCc1cc(C(=O)NC(CO)CC(C)C)sc1C. The third-order valence-electron chi connectivity index (χ3n) is 3.08. The van der Waals surface area contributed by atoms with Crippen molar-refractivity contribution in [1.29, 1.82) is 0 Å².